The number of benzene rings is 3. The van der Waals surface area contributed by atoms with Crippen LogP contribution in [0.3, 0.4) is 0 Å². The summed E-state index contributed by atoms with van der Waals surface area (Å²) in [4.78, 5) is 4.78. The fourth-order valence-corrected chi connectivity index (χ4v) is 4.25. The van der Waals surface area contributed by atoms with Gasteiger partial charge in [0.05, 0.1) is 17.4 Å². The van der Waals surface area contributed by atoms with Crippen molar-refractivity contribution < 1.29 is 4.39 Å². The van der Waals surface area contributed by atoms with Crippen molar-refractivity contribution in [3.05, 3.63) is 78.2 Å². The molecule has 152 valence electrons. The molecule has 3 aromatic carbocycles. The van der Waals surface area contributed by atoms with Crippen LogP contribution in [0, 0.1) is 12.7 Å². The number of hydrogen-bond donors (Lipinski definition) is 0. The lowest BCUT2D eigenvalue weighted by Gasteiger charge is -2.34. The van der Waals surface area contributed by atoms with E-state index in [-0.39, 0.29) is 5.82 Å². The van der Waals surface area contributed by atoms with Gasteiger partial charge in [-0.2, -0.15) is 5.10 Å². The van der Waals surface area contributed by atoms with Crippen molar-refractivity contribution in [2.24, 2.45) is 0 Å². The van der Waals surface area contributed by atoms with E-state index >= 15 is 0 Å². The minimum Gasteiger partial charge on any atom is -0.369 e. The third-order valence-corrected chi connectivity index (χ3v) is 6.04. The van der Waals surface area contributed by atoms with Crippen LogP contribution in [0.4, 0.5) is 10.1 Å². The maximum Gasteiger partial charge on any atom is 0.131 e. The largest absolute Gasteiger partial charge is 0.369 e. The summed E-state index contributed by atoms with van der Waals surface area (Å²) < 4.78 is 16.4. The van der Waals surface area contributed by atoms with E-state index in [1.54, 1.807) is 6.07 Å². The zero-order valence-electron chi connectivity index (χ0n) is 17.3. The van der Waals surface area contributed by atoms with Gasteiger partial charge in [0, 0.05) is 42.8 Å². The highest BCUT2D eigenvalue weighted by molar-refractivity contribution is 5.86. The Morgan fingerprint density at radius 2 is 1.60 bits per heavy atom. The molecule has 5 heteroatoms. The summed E-state index contributed by atoms with van der Waals surface area (Å²) in [5.41, 5.74) is 5.67. The number of hydrogen-bond acceptors (Lipinski definition) is 3. The normalized spacial score (nSPS) is 15.1. The molecule has 1 aliphatic rings. The van der Waals surface area contributed by atoms with Crippen molar-refractivity contribution in [3.63, 3.8) is 0 Å². The number of halogens is 1. The van der Waals surface area contributed by atoms with Crippen molar-refractivity contribution in [1.29, 1.82) is 0 Å². The van der Waals surface area contributed by atoms with E-state index in [0.717, 1.165) is 53.9 Å². The Bertz CT molecular complexity index is 1170. The van der Waals surface area contributed by atoms with Gasteiger partial charge in [0.25, 0.3) is 0 Å². The van der Waals surface area contributed by atoms with E-state index in [4.69, 9.17) is 0 Å². The standard InChI is InChI=1S/C25H25FN4/c1-18-4-3-5-23(26)25(18)19-6-7-20-17-27-30(24(20)16-19)22-10-8-21(9-11-22)29-14-12-28(2)13-15-29/h3-11,16-17H,12-15H2,1-2H3. The predicted molar refractivity (Wildman–Crippen MR) is 121 cm³/mol. The second-order valence-electron chi connectivity index (χ2n) is 8.07. The molecule has 1 aromatic heterocycles. The number of piperazine rings is 1. The van der Waals surface area contributed by atoms with Gasteiger partial charge in [-0.1, -0.05) is 24.3 Å². The van der Waals surface area contributed by atoms with E-state index in [1.165, 1.54) is 11.8 Å². The third kappa shape index (κ3) is 3.35. The SMILES string of the molecule is Cc1cccc(F)c1-c1ccc2cnn(-c3ccc(N4CCN(C)CC4)cc3)c2c1. The predicted octanol–water partition coefficient (Wildman–Crippen LogP) is 4.89. The first-order chi connectivity index (χ1) is 14.6. The molecule has 0 saturated carbocycles. The fraction of sp³-hybridized carbons (Fsp3) is 0.240. The Hall–Kier alpha value is -3.18. The van der Waals surface area contributed by atoms with Gasteiger partial charge in [-0.05, 0) is 61.5 Å². The van der Waals surface area contributed by atoms with Crippen LogP contribution in [0.25, 0.3) is 27.7 Å². The molecule has 0 unspecified atom stereocenters. The zero-order valence-corrected chi connectivity index (χ0v) is 17.3. The van der Waals surface area contributed by atoms with Crippen LogP contribution < -0.4 is 4.90 Å². The highest BCUT2D eigenvalue weighted by Gasteiger charge is 2.15. The average molecular weight is 401 g/mol. The second kappa shape index (κ2) is 7.58. The van der Waals surface area contributed by atoms with Gasteiger partial charge >= 0.3 is 0 Å². The molecule has 0 bridgehead atoms. The highest BCUT2D eigenvalue weighted by atomic mass is 19.1. The molecule has 1 aliphatic heterocycles. The first kappa shape index (κ1) is 18.8. The molecule has 4 nitrogen and oxygen atoms in total. The molecule has 5 rings (SSSR count). The quantitative estimate of drug-likeness (QED) is 0.489. The van der Waals surface area contributed by atoms with Crippen LogP contribution in [0.1, 0.15) is 5.56 Å². The molecule has 0 atom stereocenters. The lowest BCUT2D eigenvalue weighted by Crippen LogP contribution is -2.44. The molecule has 0 radical (unpaired) electrons. The van der Waals surface area contributed by atoms with E-state index in [9.17, 15) is 4.39 Å². The number of likely N-dealkylation sites (N-methyl/N-ethyl adjacent to an activating group) is 1. The van der Waals surface area contributed by atoms with E-state index in [2.05, 4.69) is 46.2 Å². The van der Waals surface area contributed by atoms with Gasteiger partial charge in [0.1, 0.15) is 5.82 Å². The Morgan fingerprint density at radius 3 is 2.33 bits per heavy atom. The second-order valence-corrected chi connectivity index (χ2v) is 8.07. The van der Waals surface area contributed by atoms with Crippen LogP contribution in [-0.4, -0.2) is 47.9 Å². The summed E-state index contributed by atoms with van der Waals surface area (Å²) in [5, 5.41) is 5.64. The number of nitrogens with zero attached hydrogens (tertiary/aromatic N) is 4. The lowest BCUT2D eigenvalue weighted by molar-refractivity contribution is 0.313. The third-order valence-electron chi connectivity index (χ3n) is 6.04. The first-order valence-corrected chi connectivity index (χ1v) is 10.4. The number of rotatable bonds is 3. The Kier molecular flexibility index (Phi) is 4.75. The first-order valence-electron chi connectivity index (χ1n) is 10.4. The van der Waals surface area contributed by atoms with Gasteiger partial charge in [-0.3, -0.25) is 0 Å². The average Bonchev–Trinajstić information content (AvgIpc) is 3.18. The molecule has 0 aliphatic carbocycles. The van der Waals surface area contributed by atoms with Crippen LogP contribution in [0.2, 0.25) is 0 Å². The number of fused-ring (bicyclic) bond motifs is 1. The fourth-order valence-electron chi connectivity index (χ4n) is 4.25. The minimum absolute atomic E-state index is 0.197. The topological polar surface area (TPSA) is 24.3 Å². The van der Waals surface area contributed by atoms with E-state index in [1.807, 2.05) is 42.1 Å². The highest BCUT2D eigenvalue weighted by Crippen LogP contribution is 2.30. The van der Waals surface area contributed by atoms with Crippen molar-refractivity contribution in [2.75, 3.05) is 38.1 Å². The van der Waals surface area contributed by atoms with Gasteiger partial charge in [0.2, 0.25) is 0 Å². The summed E-state index contributed by atoms with van der Waals surface area (Å²) in [7, 11) is 2.17. The maximum atomic E-state index is 14.5. The Labute approximate surface area is 176 Å². The smallest absolute Gasteiger partial charge is 0.131 e. The summed E-state index contributed by atoms with van der Waals surface area (Å²) in [5.74, 6) is -0.197. The number of anilines is 1. The van der Waals surface area contributed by atoms with Gasteiger partial charge < -0.3 is 9.80 Å². The summed E-state index contributed by atoms with van der Waals surface area (Å²) in [6.45, 7) is 6.21. The lowest BCUT2D eigenvalue weighted by atomic mass is 9.99. The van der Waals surface area contributed by atoms with Crippen molar-refractivity contribution in [1.82, 2.24) is 14.7 Å². The van der Waals surface area contributed by atoms with Crippen molar-refractivity contribution in [2.45, 2.75) is 6.92 Å². The van der Waals surface area contributed by atoms with Gasteiger partial charge in [-0.15, -0.1) is 0 Å². The van der Waals surface area contributed by atoms with Crippen molar-refractivity contribution >= 4 is 16.6 Å². The molecular weight excluding hydrogens is 375 g/mol. The number of aromatic nitrogens is 2. The zero-order chi connectivity index (χ0) is 20.7. The summed E-state index contributed by atoms with van der Waals surface area (Å²) in [6.07, 6.45) is 1.86. The molecule has 1 saturated heterocycles. The maximum absolute atomic E-state index is 14.5. The summed E-state index contributed by atoms with van der Waals surface area (Å²) in [6, 6.07) is 19.8. The molecule has 0 N–H and O–H groups in total. The van der Waals surface area contributed by atoms with Crippen LogP contribution in [0.5, 0.6) is 0 Å². The molecular formula is C25H25FN4. The van der Waals surface area contributed by atoms with Crippen LogP contribution in [0.15, 0.2) is 66.9 Å². The molecule has 30 heavy (non-hydrogen) atoms. The monoisotopic (exact) mass is 400 g/mol. The van der Waals surface area contributed by atoms with E-state index in [0.29, 0.717) is 5.56 Å². The van der Waals surface area contributed by atoms with Crippen molar-refractivity contribution in [3.8, 4) is 16.8 Å². The van der Waals surface area contributed by atoms with Gasteiger partial charge in [0.15, 0.2) is 0 Å². The number of aryl methyl sites for hydroxylation is 1. The van der Waals surface area contributed by atoms with Gasteiger partial charge in [-0.25, -0.2) is 9.07 Å². The Morgan fingerprint density at radius 1 is 0.867 bits per heavy atom. The molecule has 2 heterocycles. The minimum atomic E-state index is -0.197. The van der Waals surface area contributed by atoms with E-state index < -0.39 is 0 Å². The van der Waals surface area contributed by atoms with Crippen LogP contribution in [-0.2, 0) is 0 Å². The molecule has 1 fully saturated rings. The molecule has 4 aromatic rings. The van der Waals surface area contributed by atoms with Crippen LogP contribution >= 0.6 is 0 Å². The molecule has 0 amide bonds. The molecule has 0 spiro atoms. The Balaban J connectivity index is 1.50. The summed E-state index contributed by atoms with van der Waals surface area (Å²) >= 11 is 0.